The third-order valence-electron chi connectivity index (χ3n) is 9.43. The van der Waals surface area contributed by atoms with Crippen molar-refractivity contribution in [3.63, 3.8) is 0 Å². The van der Waals surface area contributed by atoms with Crippen molar-refractivity contribution < 1.29 is 0 Å². The van der Waals surface area contributed by atoms with Gasteiger partial charge in [0.1, 0.15) is 0 Å². The topological polar surface area (TPSA) is 12.9 Å². The summed E-state index contributed by atoms with van der Waals surface area (Å²) in [4.78, 5) is 5.17. The lowest BCUT2D eigenvalue weighted by Gasteiger charge is -2.13. The second-order valence-electron chi connectivity index (χ2n) is 12.4. The van der Waals surface area contributed by atoms with Crippen molar-refractivity contribution in [1.29, 1.82) is 0 Å². The molecule has 0 unspecified atom stereocenters. The van der Waals surface area contributed by atoms with E-state index in [-0.39, 0.29) is 0 Å². The zero-order chi connectivity index (χ0) is 31.9. The molecular formula is C47H31N. The Morgan fingerprint density at radius 3 is 1.19 bits per heavy atom. The minimum atomic E-state index is 0.960. The van der Waals surface area contributed by atoms with Gasteiger partial charge in [-0.25, -0.2) is 4.98 Å². The molecular weight excluding hydrogens is 579 g/mol. The first-order valence-corrected chi connectivity index (χ1v) is 16.5. The summed E-state index contributed by atoms with van der Waals surface area (Å²) >= 11 is 0. The Labute approximate surface area is 280 Å². The van der Waals surface area contributed by atoms with E-state index >= 15 is 0 Å². The zero-order valence-corrected chi connectivity index (χ0v) is 26.3. The highest BCUT2D eigenvalue weighted by molar-refractivity contribution is 6.25. The molecule has 8 aromatic carbocycles. The molecule has 1 heteroatoms. The van der Waals surface area contributed by atoms with Gasteiger partial charge in [-0.1, -0.05) is 158 Å². The van der Waals surface area contributed by atoms with E-state index in [1.165, 1.54) is 60.1 Å². The Morgan fingerprint density at radius 1 is 0.208 bits per heavy atom. The van der Waals surface area contributed by atoms with E-state index in [9.17, 15) is 0 Å². The van der Waals surface area contributed by atoms with E-state index in [1.54, 1.807) is 0 Å². The van der Waals surface area contributed by atoms with Crippen LogP contribution >= 0.6 is 0 Å². The number of pyridine rings is 1. The van der Waals surface area contributed by atoms with Crippen LogP contribution in [-0.4, -0.2) is 4.98 Å². The van der Waals surface area contributed by atoms with E-state index in [0.29, 0.717) is 0 Å². The predicted molar refractivity (Wildman–Crippen MR) is 204 cm³/mol. The van der Waals surface area contributed by atoms with Crippen LogP contribution in [-0.2, 0) is 0 Å². The highest BCUT2D eigenvalue weighted by Crippen LogP contribution is 2.38. The van der Waals surface area contributed by atoms with Crippen molar-refractivity contribution in [1.82, 2.24) is 4.98 Å². The van der Waals surface area contributed by atoms with Crippen LogP contribution < -0.4 is 0 Å². The lowest BCUT2D eigenvalue weighted by atomic mass is 9.91. The van der Waals surface area contributed by atoms with Crippen molar-refractivity contribution in [3.05, 3.63) is 188 Å². The molecule has 48 heavy (non-hydrogen) atoms. The second kappa shape index (κ2) is 11.8. The van der Waals surface area contributed by atoms with Gasteiger partial charge in [-0.05, 0) is 96.0 Å². The van der Waals surface area contributed by atoms with Gasteiger partial charge in [0.2, 0.25) is 0 Å². The lowest BCUT2D eigenvalue weighted by molar-refractivity contribution is 1.32. The molecule has 0 aliphatic rings. The Balaban J connectivity index is 1.14. The smallest absolute Gasteiger partial charge is 0.0715 e. The Kier molecular flexibility index (Phi) is 6.87. The molecule has 9 rings (SSSR count). The largest absolute Gasteiger partial charge is 0.248 e. The van der Waals surface area contributed by atoms with Crippen LogP contribution in [0.1, 0.15) is 0 Å². The minimum absolute atomic E-state index is 0.960. The number of nitrogens with zero attached hydrogens (tertiary/aromatic N) is 1. The third-order valence-corrected chi connectivity index (χ3v) is 9.43. The number of fused-ring (bicyclic) bond motifs is 6. The molecule has 0 aliphatic heterocycles. The maximum atomic E-state index is 5.17. The summed E-state index contributed by atoms with van der Waals surface area (Å²) in [6.45, 7) is 0. The first kappa shape index (κ1) is 28.0. The molecule has 1 nitrogen and oxygen atoms in total. The number of hydrogen-bond acceptors (Lipinski definition) is 1. The fourth-order valence-corrected chi connectivity index (χ4v) is 7.06. The van der Waals surface area contributed by atoms with Gasteiger partial charge in [-0.2, -0.15) is 0 Å². The summed E-state index contributed by atoms with van der Waals surface area (Å²) in [6.07, 6.45) is 0. The van der Waals surface area contributed by atoms with Crippen LogP contribution in [0.5, 0.6) is 0 Å². The Morgan fingerprint density at radius 2 is 0.604 bits per heavy atom. The molecule has 0 aliphatic carbocycles. The second-order valence-corrected chi connectivity index (χ2v) is 12.4. The number of rotatable bonds is 5. The van der Waals surface area contributed by atoms with Crippen LogP contribution in [0.4, 0.5) is 0 Å². The normalized spacial score (nSPS) is 11.3. The van der Waals surface area contributed by atoms with Crippen molar-refractivity contribution in [3.8, 4) is 55.9 Å². The molecule has 0 saturated carbocycles. The molecule has 224 valence electrons. The van der Waals surface area contributed by atoms with E-state index in [2.05, 4.69) is 182 Å². The van der Waals surface area contributed by atoms with E-state index < -0.39 is 0 Å². The Bertz CT molecular complexity index is 2510. The molecule has 9 aromatic rings. The number of aromatic nitrogens is 1. The first-order chi connectivity index (χ1) is 23.8. The SMILES string of the molecule is c1ccc(-c2cc(-c3ccccc3)nc(-c3cccc(-c4cccc(-c5ccc6c7ccccc7c7ccccc7c6c5)c4)c3)c2)cc1. The van der Waals surface area contributed by atoms with Crippen LogP contribution in [0.15, 0.2) is 188 Å². The lowest BCUT2D eigenvalue weighted by Crippen LogP contribution is -1.91. The zero-order valence-electron chi connectivity index (χ0n) is 26.3. The molecule has 0 atom stereocenters. The molecule has 0 radical (unpaired) electrons. The van der Waals surface area contributed by atoms with E-state index in [1.807, 2.05) is 6.07 Å². The van der Waals surface area contributed by atoms with Gasteiger partial charge in [0, 0.05) is 11.1 Å². The molecule has 1 heterocycles. The van der Waals surface area contributed by atoms with Gasteiger partial charge < -0.3 is 0 Å². The number of hydrogen-bond donors (Lipinski definition) is 0. The highest BCUT2D eigenvalue weighted by atomic mass is 14.7. The van der Waals surface area contributed by atoms with Gasteiger partial charge in [0.05, 0.1) is 11.4 Å². The first-order valence-electron chi connectivity index (χ1n) is 16.5. The Hall–Kier alpha value is -6.31. The van der Waals surface area contributed by atoms with Crippen LogP contribution in [0.2, 0.25) is 0 Å². The fourth-order valence-electron chi connectivity index (χ4n) is 7.06. The summed E-state index contributed by atoms with van der Waals surface area (Å²) < 4.78 is 0. The highest BCUT2D eigenvalue weighted by Gasteiger charge is 2.12. The van der Waals surface area contributed by atoms with Crippen molar-refractivity contribution in [2.24, 2.45) is 0 Å². The van der Waals surface area contributed by atoms with Crippen LogP contribution in [0.3, 0.4) is 0 Å². The quantitative estimate of drug-likeness (QED) is 0.177. The average molecular weight is 610 g/mol. The van der Waals surface area contributed by atoms with Gasteiger partial charge >= 0.3 is 0 Å². The fraction of sp³-hybridized carbons (Fsp3) is 0. The van der Waals surface area contributed by atoms with Crippen LogP contribution in [0, 0.1) is 0 Å². The summed E-state index contributed by atoms with van der Waals surface area (Å²) in [5.41, 5.74) is 11.2. The van der Waals surface area contributed by atoms with E-state index in [0.717, 1.165) is 28.1 Å². The maximum absolute atomic E-state index is 5.17. The molecule has 0 spiro atoms. The van der Waals surface area contributed by atoms with Crippen molar-refractivity contribution >= 4 is 32.3 Å². The molecule has 0 fully saturated rings. The molecule has 0 N–H and O–H groups in total. The van der Waals surface area contributed by atoms with Crippen molar-refractivity contribution in [2.75, 3.05) is 0 Å². The van der Waals surface area contributed by atoms with Gasteiger partial charge in [0.25, 0.3) is 0 Å². The number of benzene rings is 8. The summed E-state index contributed by atoms with van der Waals surface area (Å²) in [7, 11) is 0. The van der Waals surface area contributed by atoms with E-state index in [4.69, 9.17) is 4.98 Å². The minimum Gasteiger partial charge on any atom is -0.248 e. The van der Waals surface area contributed by atoms with Crippen molar-refractivity contribution in [2.45, 2.75) is 0 Å². The monoisotopic (exact) mass is 609 g/mol. The average Bonchev–Trinajstić information content (AvgIpc) is 3.18. The van der Waals surface area contributed by atoms with Gasteiger partial charge in [0.15, 0.2) is 0 Å². The molecule has 0 bridgehead atoms. The summed E-state index contributed by atoms with van der Waals surface area (Å²) in [5, 5.41) is 7.75. The van der Waals surface area contributed by atoms with Gasteiger partial charge in [-0.3, -0.25) is 0 Å². The summed E-state index contributed by atoms with van der Waals surface area (Å²) in [6, 6.07) is 67.5. The standard InChI is InChI=1S/C47H31N/c1-3-13-32(14-4-1)39-30-46(33-15-5-2-6-16-33)48-47(31-39)38-20-12-19-36(28-38)34-17-11-18-35(27-34)37-25-26-44-42-23-8-7-21-40(42)41-22-9-10-24-43(41)45(44)29-37/h1-31H. The molecule has 0 saturated heterocycles. The molecule has 0 amide bonds. The predicted octanol–water partition coefficient (Wildman–Crippen LogP) is 12.9. The maximum Gasteiger partial charge on any atom is 0.0715 e. The third kappa shape index (κ3) is 5.03. The van der Waals surface area contributed by atoms with Gasteiger partial charge in [-0.15, -0.1) is 0 Å². The van der Waals surface area contributed by atoms with Crippen LogP contribution in [0.25, 0.3) is 88.2 Å². The molecule has 1 aromatic heterocycles. The summed E-state index contributed by atoms with van der Waals surface area (Å²) in [5.74, 6) is 0.